The summed E-state index contributed by atoms with van der Waals surface area (Å²) in [7, 11) is 0.542. The minimum atomic E-state index is -1.07. The van der Waals surface area contributed by atoms with Crippen LogP contribution in [0.4, 0.5) is 0 Å². The predicted molar refractivity (Wildman–Crippen MR) is 126 cm³/mol. The van der Waals surface area contributed by atoms with Gasteiger partial charge in [0.15, 0.2) is 11.5 Å². The molecule has 0 saturated heterocycles. The minimum absolute atomic E-state index is 0.154. The molecule has 2 rings (SSSR count). The fraction of sp³-hybridized carbons (Fsp3) is 0.542. The first-order valence-electron chi connectivity index (χ1n) is 11.1. The summed E-state index contributed by atoms with van der Waals surface area (Å²) < 4.78 is 16.8. The Bertz CT molecular complexity index is 841. The van der Waals surface area contributed by atoms with Crippen LogP contribution in [0.5, 0.6) is 11.5 Å². The lowest BCUT2D eigenvalue weighted by molar-refractivity contribution is 0.0263. The van der Waals surface area contributed by atoms with Gasteiger partial charge in [-0.2, -0.15) is 0 Å². The maximum Gasteiger partial charge on any atom is 0.455 e. The summed E-state index contributed by atoms with van der Waals surface area (Å²) in [5, 5.41) is 30.2. The van der Waals surface area contributed by atoms with Gasteiger partial charge in [0.25, 0.3) is 0 Å². The first kappa shape index (κ1) is 26.1. The van der Waals surface area contributed by atoms with Crippen molar-refractivity contribution in [3.63, 3.8) is 0 Å². The van der Waals surface area contributed by atoms with Gasteiger partial charge in [-0.1, -0.05) is 13.0 Å². The molecule has 3 N–H and O–H groups in total. The van der Waals surface area contributed by atoms with E-state index < -0.39 is 12.7 Å². The summed E-state index contributed by atoms with van der Waals surface area (Å²) in [6.07, 6.45) is 4.61. The Morgan fingerprint density at radius 3 is 2.50 bits per heavy atom. The van der Waals surface area contributed by atoms with Crippen LogP contribution in [-0.4, -0.2) is 59.4 Å². The lowest BCUT2D eigenvalue weighted by Crippen LogP contribution is -2.32. The summed E-state index contributed by atoms with van der Waals surface area (Å²) in [5.74, 6) is 0.987. The van der Waals surface area contributed by atoms with Crippen LogP contribution in [0, 0.1) is 0 Å². The SMILES string of the molecule is CCCOc1cc(-c2cncc([C@H](CO)CB(O)O[C@@H](C)CC(C)(C)O)c2)ccc1OC. The number of aromatic nitrogens is 1. The summed E-state index contributed by atoms with van der Waals surface area (Å²) in [4.78, 5) is 4.34. The van der Waals surface area contributed by atoms with Crippen molar-refractivity contribution in [1.82, 2.24) is 4.98 Å². The quantitative estimate of drug-likeness (QED) is 0.405. The van der Waals surface area contributed by atoms with Crippen molar-refractivity contribution in [2.75, 3.05) is 20.3 Å². The van der Waals surface area contributed by atoms with Crippen molar-refractivity contribution in [2.45, 2.75) is 64.5 Å². The molecular weight excluding hydrogens is 409 g/mol. The summed E-state index contributed by atoms with van der Waals surface area (Å²) >= 11 is 0. The van der Waals surface area contributed by atoms with Crippen LogP contribution >= 0.6 is 0 Å². The number of benzene rings is 1. The molecule has 7 nitrogen and oxygen atoms in total. The molecule has 32 heavy (non-hydrogen) atoms. The molecule has 1 aromatic carbocycles. The molecule has 0 amide bonds. The first-order valence-corrected chi connectivity index (χ1v) is 11.1. The van der Waals surface area contributed by atoms with E-state index in [0.29, 0.717) is 24.5 Å². The first-order chi connectivity index (χ1) is 15.2. The monoisotopic (exact) mass is 445 g/mol. The van der Waals surface area contributed by atoms with Crippen LogP contribution in [0.25, 0.3) is 11.1 Å². The highest BCUT2D eigenvalue weighted by Crippen LogP contribution is 2.34. The van der Waals surface area contributed by atoms with Gasteiger partial charge in [0.1, 0.15) is 0 Å². The summed E-state index contributed by atoms with van der Waals surface area (Å²) in [6, 6.07) is 7.66. The number of methoxy groups -OCH3 is 1. The Balaban J connectivity index is 2.16. The van der Waals surface area contributed by atoms with Crippen molar-refractivity contribution >= 4 is 7.12 Å². The zero-order chi connectivity index (χ0) is 23.7. The van der Waals surface area contributed by atoms with E-state index >= 15 is 0 Å². The number of ether oxygens (including phenoxy) is 2. The van der Waals surface area contributed by atoms with E-state index in [1.165, 1.54) is 0 Å². The molecule has 0 fully saturated rings. The normalized spacial score (nSPS) is 13.5. The predicted octanol–water partition coefficient (Wildman–Crippen LogP) is 3.67. The Kier molecular flexibility index (Phi) is 9.97. The highest BCUT2D eigenvalue weighted by atomic mass is 16.5. The number of rotatable bonds is 13. The topological polar surface area (TPSA) is 101 Å². The van der Waals surface area contributed by atoms with Gasteiger partial charge in [0.2, 0.25) is 0 Å². The van der Waals surface area contributed by atoms with Crippen LogP contribution in [0.2, 0.25) is 6.32 Å². The van der Waals surface area contributed by atoms with E-state index in [1.54, 1.807) is 40.3 Å². The third kappa shape index (κ3) is 8.09. The molecular formula is C24H36BNO6. The second kappa shape index (κ2) is 12.2. The van der Waals surface area contributed by atoms with Gasteiger partial charge in [0.05, 0.1) is 19.3 Å². The van der Waals surface area contributed by atoms with Gasteiger partial charge < -0.3 is 29.4 Å². The molecule has 0 unspecified atom stereocenters. The molecule has 0 aliphatic carbocycles. The van der Waals surface area contributed by atoms with E-state index in [-0.39, 0.29) is 24.9 Å². The number of hydrogen-bond donors (Lipinski definition) is 3. The molecule has 1 heterocycles. The number of pyridine rings is 1. The third-order valence-corrected chi connectivity index (χ3v) is 5.07. The molecule has 0 bridgehead atoms. The number of aliphatic hydroxyl groups is 2. The molecule has 0 radical (unpaired) electrons. The second-order valence-electron chi connectivity index (χ2n) is 8.75. The highest BCUT2D eigenvalue weighted by molar-refractivity contribution is 6.43. The van der Waals surface area contributed by atoms with Crippen LogP contribution in [-0.2, 0) is 4.65 Å². The molecule has 8 heteroatoms. The fourth-order valence-electron chi connectivity index (χ4n) is 3.65. The minimum Gasteiger partial charge on any atom is -0.493 e. The molecule has 1 aromatic heterocycles. The van der Waals surface area contributed by atoms with Crippen LogP contribution < -0.4 is 9.47 Å². The molecule has 0 saturated carbocycles. The van der Waals surface area contributed by atoms with Crippen molar-refractivity contribution in [2.24, 2.45) is 0 Å². The fourth-order valence-corrected chi connectivity index (χ4v) is 3.65. The zero-order valence-corrected chi connectivity index (χ0v) is 19.7. The van der Waals surface area contributed by atoms with Gasteiger partial charge in [-0.25, -0.2) is 0 Å². The maximum absolute atomic E-state index is 10.4. The molecule has 0 spiro atoms. The average Bonchev–Trinajstić information content (AvgIpc) is 2.74. The Hall–Kier alpha value is -2.13. The van der Waals surface area contributed by atoms with Crippen molar-refractivity contribution in [3.05, 3.63) is 42.2 Å². The summed E-state index contributed by atoms with van der Waals surface area (Å²) in [5.41, 5.74) is 1.70. The number of nitrogens with zero attached hydrogens (tertiary/aromatic N) is 1. The molecule has 0 aliphatic heterocycles. The Morgan fingerprint density at radius 1 is 1.12 bits per heavy atom. The zero-order valence-electron chi connectivity index (χ0n) is 19.7. The van der Waals surface area contributed by atoms with Crippen molar-refractivity contribution < 1.29 is 29.4 Å². The average molecular weight is 445 g/mol. The standard InChI is InChI=1S/C24H36BNO6/c1-6-9-31-23-11-18(7-8-22(23)30-5)19-10-20(15-26-14-19)21(16-27)13-25(29)32-17(2)12-24(3,4)28/h7-8,10-11,14-15,17,21,27-29H,6,9,12-13,16H2,1-5H3/t17-,21-/m0/s1. The van der Waals surface area contributed by atoms with Crippen molar-refractivity contribution in [1.29, 1.82) is 0 Å². The lowest BCUT2D eigenvalue weighted by Gasteiger charge is -2.25. The van der Waals surface area contributed by atoms with E-state index in [4.69, 9.17) is 14.1 Å². The van der Waals surface area contributed by atoms with E-state index in [0.717, 1.165) is 23.1 Å². The van der Waals surface area contributed by atoms with Gasteiger partial charge in [-0.15, -0.1) is 0 Å². The molecule has 176 valence electrons. The van der Waals surface area contributed by atoms with Gasteiger partial charge in [-0.05, 0) is 69.3 Å². The highest BCUT2D eigenvalue weighted by Gasteiger charge is 2.26. The van der Waals surface area contributed by atoms with Gasteiger partial charge >= 0.3 is 7.12 Å². The van der Waals surface area contributed by atoms with Crippen molar-refractivity contribution in [3.8, 4) is 22.6 Å². The van der Waals surface area contributed by atoms with Crippen LogP contribution in [0.15, 0.2) is 36.7 Å². The molecule has 2 atom stereocenters. The largest absolute Gasteiger partial charge is 0.493 e. The second-order valence-corrected chi connectivity index (χ2v) is 8.75. The van der Waals surface area contributed by atoms with Crippen LogP contribution in [0.3, 0.4) is 0 Å². The Morgan fingerprint density at radius 2 is 1.88 bits per heavy atom. The lowest BCUT2D eigenvalue weighted by atomic mass is 9.75. The molecule has 2 aromatic rings. The Labute approximate surface area is 191 Å². The number of hydrogen-bond acceptors (Lipinski definition) is 7. The van der Waals surface area contributed by atoms with Gasteiger partial charge in [-0.3, -0.25) is 4.98 Å². The smallest absolute Gasteiger partial charge is 0.455 e. The number of aliphatic hydroxyl groups excluding tert-OH is 1. The van der Waals surface area contributed by atoms with E-state index in [9.17, 15) is 15.2 Å². The maximum atomic E-state index is 10.4. The van der Waals surface area contributed by atoms with E-state index in [1.807, 2.05) is 31.2 Å². The van der Waals surface area contributed by atoms with Gasteiger partial charge in [0, 0.05) is 36.6 Å². The third-order valence-electron chi connectivity index (χ3n) is 5.07. The van der Waals surface area contributed by atoms with E-state index in [2.05, 4.69) is 4.98 Å². The summed E-state index contributed by atoms with van der Waals surface area (Å²) in [6.45, 7) is 7.69. The van der Waals surface area contributed by atoms with Crippen LogP contribution in [0.1, 0.15) is 52.0 Å². The molecule has 0 aliphatic rings.